The summed E-state index contributed by atoms with van der Waals surface area (Å²) in [4.78, 5) is 13.4. The van der Waals surface area contributed by atoms with Crippen LogP contribution in [0.1, 0.15) is 30.9 Å². The first-order valence-electron chi connectivity index (χ1n) is 10.6. The van der Waals surface area contributed by atoms with E-state index in [4.69, 9.17) is 10.7 Å². The van der Waals surface area contributed by atoms with Gasteiger partial charge < -0.3 is 11.1 Å². The molecular formula is C24H23N9. The molecule has 0 spiro atoms. The van der Waals surface area contributed by atoms with E-state index in [9.17, 15) is 0 Å². The predicted octanol–water partition coefficient (Wildman–Crippen LogP) is 4.18. The zero-order valence-electron chi connectivity index (χ0n) is 18.3. The lowest BCUT2D eigenvalue weighted by atomic mass is 10.1. The van der Waals surface area contributed by atoms with E-state index < -0.39 is 0 Å². The Balaban J connectivity index is 1.38. The van der Waals surface area contributed by atoms with Crippen LogP contribution in [0.15, 0.2) is 67.4 Å². The molecule has 0 saturated carbocycles. The molecule has 0 amide bonds. The molecule has 5 heterocycles. The average molecular weight is 438 g/mol. The van der Waals surface area contributed by atoms with E-state index in [0.717, 1.165) is 33.3 Å². The molecule has 5 aromatic rings. The number of nitrogens with one attached hydrogen (secondary N) is 1. The van der Waals surface area contributed by atoms with Crippen LogP contribution in [0.25, 0.3) is 22.2 Å². The summed E-state index contributed by atoms with van der Waals surface area (Å²) in [6.45, 7) is 4.85. The van der Waals surface area contributed by atoms with Crippen LogP contribution in [0, 0.1) is 0 Å². The number of aromatic nitrogens is 7. The molecule has 164 valence electrons. The van der Waals surface area contributed by atoms with Gasteiger partial charge in [-0.25, -0.2) is 9.97 Å². The minimum atomic E-state index is 0.370. The summed E-state index contributed by atoms with van der Waals surface area (Å²) in [7, 11) is 0. The van der Waals surface area contributed by atoms with Gasteiger partial charge in [-0.15, -0.1) is 5.10 Å². The van der Waals surface area contributed by atoms with E-state index in [1.165, 1.54) is 0 Å². The van der Waals surface area contributed by atoms with Gasteiger partial charge in [-0.1, -0.05) is 19.9 Å². The Labute approximate surface area is 190 Å². The minimum absolute atomic E-state index is 0.370. The fraction of sp³-hybridized carbons (Fsp3) is 0.167. The number of nitrogens with zero attached hydrogens (tertiary/aromatic N) is 7. The highest BCUT2D eigenvalue weighted by Gasteiger charge is 2.08. The molecule has 9 heteroatoms. The fourth-order valence-electron chi connectivity index (χ4n) is 3.44. The van der Waals surface area contributed by atoms with Crippen molar-refractivity contribution < 1.29 is 0 Å². The standard InChI is InChI=1S/C24H23N9/c1-15(2)17-8-24(32-28-11-17)31-23-6-4-20-21(30-23)7-18(10-26-20)19-12-29-33(14-19)13-16-3-5-22(25)27-9-16/h3-12,14-15H,13H2,1-2H3,(H2,25,27)(H,30,31,32). The van der Waals surface area contributed by atoms with Gasteiger partial charge in [0.1, 0.15) is 11.6 Å². The Bertz CT molecular complexity index is 1410. The molecule has 0 radical (unpaired) electrons. The Kier molecular flexibility index (Phi) is 5.35. The van der Waals surface area contributed by atoms with E-state index in [2.05, 4.69) is 44.4 Å². The summed E-state index contributed by atoms with van der Waals surface area (Å²) >= 11 is 0. The van der Waals surface area contributed by atoms with Gasteiger partial charge in [-0.05, 0) is 47.4 Å². The van der Waals surface area contributed by atoms with Crippen LogP contribution in [-0.4, -0.2) is 34.9 Å². The van der Waals surface area contributed by atoms with Gasteiger partial charge >= 0.3 is 0 Å². The van der Waals surface area contributed by atoms with Crippen LogP contribution < -0.4 is 11.1 Å². The lowest BCUT2D eigenvalue weighted by molar-refractivity contribution is 0.685. The van der Waals surface area contributed by atoms with E-state index in [1.54, 1.807) is 18.5 Å². The first-order chi connectivity index (χ1) is 16.0. The molecule has 0 aliphatic heterocycles. The van der Waals surface area contributed by atoms with E-state index in [1.807, 2.05) is 53.6 Å². The van der Waals surface area contributed by atoms with Crippen molar-refractivity contribution in [1.29, 1.82) is 0 Å². The lowest BCUT2D eigenvalue weighted by Crippen LogP contribution is -2.01. The molecule has 5 rings (SSSR count). The zero-order chi connectivity index (χ0) is 22.8. The van der Waals surface area contributed by atoms with Crippen LogP contribution >= 0.6 is 0 Å². The summed E-state index contributed by atoms with van der Waals surface area (Å²) in [5, 5.41) is 16.0. The third-order valence-electron chi connectivity index (χ3n) is 5.29. The van der Waals surface area contributed by atoms with Crippen LogP contribution in [0.5, 0.6) is 0 Å². The molecule has 0 atom stereocenters. The van der Waals surface area contributed by atoms with E-state index >= 15 is 0 Å². The van der Waals surface area contributed by atoms with E-state index in [-0.39, 0.29) is 0 Å². The van der Waals surface area contributed by atoms with Crippen molar-refractivity contribution in [2.45, 2.75) is 26.3 Å². The van der Waals surface area contributed by atoms with Crippen molar-refractivity contribution in [3.63, 3.8) is 0 Å². The monoisotopic (exact) mass is 437 g/mol. The maximum absolute atomic E-state index is 5.66. The van der Waals surface area contributed by atoms with Crippen LogP contribution in [0.4, 0.5) is 17.5 Å². The zero-order valence-corrected chi connectivity index (χ0v) is 18.3. The molecule has 0 saturated heterocycles. The highest BCUT2D eigenvalue weighted by atomic mass is 15.3. The van der Waals surface area contributed by atoms with Crippen molar-refractivity contribution >= 4 is 28.5 Å². The normalized spacial score (nSPS) is 11.2. The summed E-state index contributed by atoms with van der Waals surface area (Å²) in [6.07, 6.45) is 9.18. The van der Waals surface area contributed by atoms with Gasteiger partial charge in [0.2, 0.25) is 0 Å². The van der Waals surface area contributed by atoms with Gasteiger partial charge in [0, 0.05) is 29.7 Å². The van der Waals surface area contributed by atoms with Crippen molar-refractivity contribution in [3.05, 3.63) is 78.5 Å². The Morgan fingerprint density at radius 3 is 2.64 bits per heavy atom. The fourth-order valence-corrected chi connectivity index (χ4v) is 3.44. The molecule has 0 aliphatic rings. The Hall–Kier alpha value is -4.40. The van der Waals surface area contributed by atoms with Crippen LogP contribution in [0.3, 0.4) is 0 Å². The molecule has 5 aromatic heterocycles. The average Bonchev–Trinajstić information content (AvgIpc) is 3.29. The van der Waals surface area contributed by atoms with Gasteiger partial charge in [0.15, 0.2) is 5.82 Å². The molecule has 33 heavy (non-hydrogen) atoms. The van der Waals surface area contributed by atoms with Crippen molar-refractivity contribution in [2.75, 3.05) is 11.1 Å². The maximum Gasteiger partial charge on any atom is 0.154 e. The molecule has 0 aliphatic carbocycles. The van der Waals surface area contributed by atoms with Crippen molar-refractivity contribution in [2.24, 2.45) is 0 Å². The molecule has 0 unspecified atom stereocenters. The predicted molar refractivity (Wildman–Crippen MR) is 128 cm³/mol. The topological polar surface area (TPSA) is 120 Å². The first kappa shape index (κ1) is 20.5. The summed E-state index contributed by atoms with van der Waals surface area (Å²) < 4.78 is 1.86. The van der Waals surface area contributed by atoms with Gasteiger partial charge in [-0.3, -0.25) is 9.67 Å². The highest BCUT2D eigenvalue weighted by molar-refractivity contribution is 5.81. The second-order valence-corrected chi connectivity index (χ2v) is 8.13. The summed E-state index contributed by atoms with van der Waals surface area (Å²) in [5.41, 5.74) is 11.3. The first-order valence-corrected chi connectivity index (χ1v) is 10.6. The lowest BCUT2D eigenvalue weighted by Gasteiger charge is -2.09. The number of nitrogen functional groups attached to an aromatic ring is 1. The quantitative estimate of drug-likeness (QED) is 0.406. The molecule has 3 N–H and O–H groups in total. The molecule has 0 fully saturated rings. The van der Waals surface area contributed by atoms with E-state index in [0.29, 0.717) is 29.9 Å². The van der Waals surface area contributed by atoms with Crippen molar-refractivity contribution in [1.82, 2.24) is 34.9 Å². The molecule has 0 aromatic carbocycles. The second-order valence-electron chi connectivity index (χ2n) is 8.13. The Morgan fingerprint density at radius 1 is 0.909 bits per heavy atom. The number of nitrogens with two attached hydrogens (primary N) is 1. The van der Waals surface area contributed by atoms with Crippen molar-refractivity contribution in [3.8, 4) is 11.1 Å². The third-order valence-corrected chi connectivity index (χ3v) is 5.29. The maximum atomic E-state index is 5.66. The van der Waals surface area contributed by atoms with Crippen LogP contribution in [0.2, 0.25) is 0 Å². The number of fused-ring (bicyclic) bond motifs is 1. The van der Waals surface area contributed by atoms with Gasteiger partial charge in [0.25, 0.3) is 0 Å². The number of hydrogen-bond donors (Lipinski definition) is 2. The largest absolute Gasteiger partial charge is 0.384 e. The van der Waals surface area contributed by atoms with Gasteiger partial charge in [-0.2, -0.15) is 10.2 Å². The van der Waals surface area contributed by atoms with Crippen LogP contribution in [-0.2, 0) is 6.54 Å². The number of rotatable bonds is 6. The number of anilines is 3. The molecular weight excluding hydrogens is 414 g/mol. The Morgan fingerprint density at radius 2 is 1.82 bits per heavy atom. The molecule has 9 nitrogen and oxygen atoms in total. The smallest absolute Gasteiger partial charge is 0.154 e. The third kappa shape index (κ3) is 4.62. The minimum Gasteiger partial charge on any atom is -0.384 e. The SMILES string of the molecule is CC(C)c1cnnc(Nc2ccc3ncc(-c4cnn(Cc5ccc(N)nc5)c4)cc3n2)c1. The summed E-state index contributed by atoms with van der Waals surface area (Å²) in [6, 6.07) is 11.6. The highest BCUT2D eigenvalue weighted by Crippen LogP contribution is 2.24. The van der Waals surface area contributed by atoms with Gasteiger partial charge in [0.05, 0.1) is 30.0 Å². The number of pyridine rings is 3. The second kappa shape index (κ2) is 8.62. The molecule has 0 bridgehead atoms. The number of hydrogen-bond acceptors (Lipinski definition) is 8. The summed E-state index contributed by atoms with van der Waals surface area (Å²) in [5.74, 6) is 2.22.